The van der Waals surface area contributed by atoms with Crippen LogP contribution in [-0.4, -0.2) is 6.54 Å². The Morgan fingerprint density at radius 1 is 1.47 bits per heavy atom. The van der Waals surface area contributed by atoms with Crippen LogP contribution >= 0.6 is 11.3 Å². The molecule has 1 N–H and O–H groups in total. The minimum Gasteiger partial charge on any atom is -0.309 e. The van der Waals surface area contributed by atoms with Gasteiger partial charge in [0.2, 0.25) is 0 Å². The van der Waals surface area contributed by atoms with Crippen molar-refractivity contribution in [3.8, 4) is 0 Å². The molecule has 3 rings (SSSR count). The van der Waals surface area contributed by atoms with Gasteiger partial charge in [-0.1, -0.05) is 13.8 Å². The highest BCUT2D eigenvalue weighted by Gasteiger charge is 2.45. The van der Waals surface area contributed by atoms with Crippen molar-refractivity contribution in [2.24, 2.45) is 11.3 Å². The Morgan fingerprint density at radius 3 is 3.00 bits per heavy atom. The number of fused-ring (bicyclic) bond motifs is 1. The summed E-state index contributed by atoms with van der Waals surface area (Å²) >= 11 is 1.94. The van der Waals surface area contributed by atoms with Gasteiger partial charge >= 0.3 is 0 Å². The fourth-order valence-electron chi connectivity index (χ4n) is 3.14. The molecular formula is C15H23NS. The van der Waals surface area contributed by atoms with E-state index in [4.69, 9.17) is 0 Å². The summed E-state index contributed by atoms with van der Waals surface area (Å²) in [5, 5.41) is 6.12. The van der Waals surface area contributed by atoms with Gasteiger partial charge in [0, 0.05) is 17.5 Å². The highest BCUT2D eigenvalue weighted by atomic mass is 32.1. The maximum absolute atomic E-state index is 3.85. The van der Waals surface area contributed by atoms with E-state index in [0.717, 1.165) is 5.92 Å². The second kappa shape index (κ2) is 4.40. The topological polar surface area (TPSA) is 12.0 Å². The van der Waals surface area contributed by atoms with Gasteiger partial charge < -0.3 is 5.32 Å². The summed E-state index contributed by atoms with van der Waals surface area (Å²) in [6.07, 6.45) is 6.86. The van der Waals surface area contributed by atoms with Crippen LogP contribution in [0, 0.1) is 11.3 Å². The predicted octanol–water partition coefficient (Wildman–Crippen LogP) is 4.15. The SMILES string of the molecule is CC(C)C1(CNC2CCCc3sccc32)CC1. The first kappa shape index (κ1) is 11.7. The zero-order chi connectivity index (χ0) is 11.9. The average Bonchev–Trinajstić information content (AvgIpc) is 2.96. The Bertz CT molecular complexity index is 389. The zero-order valence-corrected chi connectivity index (χ0v) is 11.8. The Kier molecular flexibility index (Phi) is 3.04. The van der Waals surface area contributed by atoms with Gasteiger partial charge in [0.05, 0.1) is 0 Å². The van der Waals surface area contributed by atoms with Crippen molar-refractivity contribution in [1.29, 1.82) is 0 Å². The molecule has 1 aromatic rings. The number of thiophene rings is 1. The van der Waals surface area contributed by atoms with Crippen LogP contribution in [0.5, 0.6) is 0 Å². The summed E-state index contributed by atoms with van der Waals surface area (Å²) < 4.78 is 0. The van der Waals surface area contributed by atoms with Crippen LogP contribution in [0.2, 0.25) is 0 Å². The number of rotatable bonds is 4. The second-order valence-corrected chi connectivity index (χ2v) is 7.14. The quantitative estimate of drug-likeness (QED) is 0.845. The molecule has 94 valence electrons. The Hall–Kier alpha value is -0.340. The normalized spacial score (nSPS) is 25.9. The molecule has 1 nitrogen and oxygen atoms in total. The molecule has 17 heavy (non-hydrogen) atoms. The molecule has 1 heterocycles. The summed E-state index contributed by atoms with van der Waals surface area (Å²) in [5.41, 5.74) is 2.23. The summed E-state index contributed by atoms with van der Waals surface area (Å²) in [4.78, 5) is 1.63. The lowest BCUT2D eigenvalue weighted by molar-refractivity contribution is 0.311. The summed E-state index contributed by atoms with van der Waals surface area (Å²) in [5.74, 6) is 0.834. The number of hydrogen-bond donors (Lipinski definition) is 1. The molecule has 0 spiro atoms. The van der Waals surface area contributed by atoms with E-state index in [1.54, 1.807) is 10.4 Å². The van der Waals surface area contributed by atoms with Crippen LogP contribution in [0.15, 0.2) is 11.4 Å². The molecule has 1 fully saturated rings. The standard InChI is InChI=1S/C15H23NS/c1-11(2)15(7-8-15)10-16-13-4-3-5-14-12(13)6-9-17-14/h6,9,11,13,16H,3-5,7-8,10H2,1-2H3. The van der Waals surface area contributed by atoms with E-state index in [-0.39, 0.29) is 0 Å². The minimum absolute atomic E-state index is 0.633. The molecule has 0 aliphatic heterocycles. The van der Waals surface area contributed by atoms with Gasteiger partial charge in [0.1, 0.15) is 0 Å². The summed E-state index contributed by atoms with van der Waals surface area (Å²) in [6, 6.07) is 2.98. The monoisotopic (exact) mass is 249 g/mol. The van der Waals surface area contributed by atoms with Crippen LogP contribution in [0.1, 0.15) is 56.0 Å². The fraction of sp³-hybridized carbons (Fsp3) is 0.733. The lowest BCUT2D eigenvalue weighted by Crippen LogP contribution is -2.32. The van der Waals surface area contributed by atoms with Crippen molar-refractivity contribution in [3.63, 3.8) is 0 Å². The first-order valence-electron chi connectivity index (χ1n) is 7.01. The van der Waals surface area contributed by atoms with Gasteiger partial charge in [-0.3, -0.25) is 0 Å². The molecule has 0 radical (unpaired) electrons. The van der Waals surface area contributed by atoms with Crippen LogP contribution in [0.3, 0.4) is 0 Å². The Labute approximate surface area is 109 Å². The van der Waals surface area contributed by atoms with Gasteiger partial charge in [-0.2, -0.15) is 0 Å². The van der Waals surface area contributed by atoms with E-state index >= 15 is 0 Å². The molecule has 0 aromatic carbocycles. The molecule has 2 aliphatic carbocycles. The molecule has 2 heteroatoms. The highest BCUT2D eigenvalue weighted by molar-refractivity contribution is 7.10. The maximum Gasteiger partial charge on any atom is 0.0331 e. The first-order valence-corrected chi connectivity index (χ1v) is 7.89. The van der Waals surface area contributed by atoms with Crippen molar-refractivity contribution < 1.29 is 0 Å². The second-order valence-electron chi connectivity index (χ2n) is 6.14. The van der Waals surface area contributed by atoms with Crippen LogP contribution in [0.4, 0.5) is 0 Å². The molecule has 0 amide bonds. The third kappa shape index (κ3) is 2.17. The smallest absolute Gasteiger partial charge is 0.0331 e. The predicted molar refractivity (Wildman–Crippen MR) is 74.5 cm³/mol. The maximum atomic E-state index is 3.85. The van der Waals surface area contributed by atoms with Crippen molar-refractivity contribution >= 4 is 11.3 Å². The third-order valence-corrected chi connectivity index (χ3v) is 5.87. The van der Waals surface area contributed by atoms with Crippen molar-refractivity contribution in [2.45, 2.75) is 52.0 Å². The molecule has 1 unspecified atom stereocenters. The fourth-order valence-corrected chi connectivity index (χ4v) is 4.13. The molecule has 1 atom stereocenters. The van der Waals surface area contributed by atoms with Crippen LogP contribution in [-0.2, 0) is 6.42 Å². The highest BCUT2D eigenvalue weighted by Crippen LogP contribution is 2.51. The Morgan fingerprint density at radius 2 is 2.29 bits per heavy atom. The van der Waals surface area contributed by atoms with E-state index in [1.165, 1.54) is 38.6 Å². The summed E-state index contributed by atoms with van der Waals surface area (Å²) in [7, 11) is 0. The number of aryl methyl sites for hydroxylation is 1. The molecular weight excluding hydrogens is 226 g/mol. The van der Waals surface area contributed by atoms with Gasteiger partial charge in [0.25, 0.3) is 0 Å². The van der Waals surface area contributed by atoms with Crippen molar-refractivity contribution in [3.05, 3.63) is 21.9 Å². The van der Waals surface area contributed by atoms with Crippen LogP contribution in [0.25, 0.3) is 0 Å². The number of hydrogen-bond acceptors (Lipinski definition) is 2. The third-order valence-electron chi connectivity index (χ3n) is 4.87. The molecule has 0 bridgehead atoms. The van der Waals surface area contributed by atoms with Gasteiger partial charge in [-0.25, -0.2) is 0 Å². The van der Waals surface area contributed by atoms with E-state index in [0.29, 0.717) is 11.5 Å². The van der Waals surface area contributed by atoms with Crippen molar-refractivity contribution in [2.75, 3.05) is 6.54 Å². The molecule has 1 saturated carbocycles. The van der Waals surface area contributed by atoms with Gasteiger partial charge in [-0.05, 0) is 60.4 Å². The van der Waals surface area contributed by atoms with Gasteiger partial charge in [-0.15, -0.1) is 11.3 Å². The van der Waals surface area contributed by atoms with E-state index in [9.17, 15) is 0 Å². The van der Waals surface area contributed by atoms with Crippen LogP contribution < -0.4 is 5.32 Å². The van der Waals surface area contributed by atoms with E-state index in [1.807, 2.05) is 11.3 Å². The summed E-state index contributed by atoms with van der Waals surface area (Å²) in [6.45, 7) is 5.99. The van der Waals surface area contributed by atoms with E-state index < -0.39 is 0 Å². The zero-order valence-electron chi connectivity index (χ0n) is 11.0. The molecule has 2 aliphatic rings. The largest absolute Gasteiger partial charge is 0.309 e. The molecule has 0 saturated heterocycles. The minimum atomic E-state index is 0.633. The van der Waals surface area contributed by atoms with Crippen molar-refractivity contribution in [1.82, 2.24) is 5.32 Å². The number of nitrogens with one attached hydrogen (secondary N) is 1. The lowest BCUT2D eigenvalue weighted by Gasteiger charge is -2.28. The van der Waals surface area contributed by atoms with E-state index in [2.05, 4.69) is 30.6 Å². The molecule has 1 aromatic heterocycles. The first-order chi connectivity index (χ1) is 8.21. The lowest BCUT2D eigenvalue weighted by atomic mass is 9.90. The Balaban J connectivity index is 1.64. The van der Waals surface area contributed by atoms with Gasteiger partial charge in [0.15, 0.2) is 0 Å². The average molecular weight is 249 g/mol.